The Hall–Kier alpha value is -3.68. The molecule has 0 saturated heterocycles. The Morgan fingerprint density at radius 3 is 2.10 bits per heavy atom. The molecule has 0 aromatic heterocycles. The molecule has 10 nitrogen and oxygen atoms in total. The fraction of sp³-hybridized carbons (Fsp3) is 0.641. The first kappa shape index (κ1) is 43.3. The standard InChI is InChI=1S/C39H59NO9/c1-6-8-10-13-16-19-31(42)20-17-14-11-12-15-18-21-33(39(47,26-27-41)37(45)46)35(43)40-34(36(44)49-38(3,4)5)29-30-22-24-32(25-23-30)48-28-9-7-2/h18,21-25,33-34,41,47H,6,8,10-17,19-20,26-29H2,1-5H3,(H,40,43)(H,45,46)/t33-,34+,39+/m1/s1. The quantitative estimate of drug-likeness (QED) is 0.0413. The highest BCUT2D eigenvalue weighted by molar-refractivity contribution is 5.93. The van der Waals surface area contributed by atoms with Gasteiger partial charge in [0.25, 0.3) is 0 Å². The molecule has 0 aliphatic heterocycles. The van der Waals surface area contributed by atoms with E-state index in [1.807, 2.05) is 0 Å². The molecular formula is C39H59NO9. The number of carbonyl (C=O) groups excluding carboxylic acids is 3. The van der Waals surface area contributed by atoms with Gasteiger partial charge in [0.1, 0.15) is 29.8 Å². The van der Waals surface area contributed by atoms with Gasteiger partial charge in [0.2, 0.25) is 5.91 Å². The third-order valence-electron chi connectivity index (χ3n) is 7.98. The van der Waals surface area contributed by atoms with Crippen LogP contribution in [0.2, 0.25) is 0 Å². The number of hydrogen-bond donors (Lipinski definition) is 4. The first-order valence-electron chi connectivity index (χ1n) is 17.7. The van der Waals surface area contributed by atoms with Gasteiger partial charge >= 0.3 is 11.9 Å². The van der Waals surface area contributed by atoms with E-state index < -0.39 is 54.0 Å². The fourth-order valence-corrected chi connectivity index (χ4v) is 5.23. The molecule has 0 aliphatic carbocycles. The molecule has 0 radical (unpaired) electrons. The van der Waals surface area contributed by atoms with Crippen molar-refractivity contribution < 1.29 is 44.0 Å². The van der Waals surface area contributed by atoms with Crippen LogP contribution in [-0.4, -0.2) is 69.4 Å². The summed E-state index contributed by atoms with van der Waals surface area (Å²) >= 11 is 0. The van der Waals surface area contributed by atoms with E-state index in [4.69, 9.17) is 9.47 Å². The topological polar surface area (TPSA) is 159 Å². The number of ketones is 1. The number of rotatable bonds is 25. The van der Waals surface area contributed by atoms with Crippen LogP contribution in [0.4, 0.5) is 0 Å². The average Bonchev–Trinajstić information content (AvgIpc) is 3.03. The zero-order valence-electron chi connectivity index (χ0n) is 30.2. The lowest BCUT2D eigenvalue weighted by Crippen LogP contribution is -2.55. The Labute approximate surface area is 293 Å². The molecule has 1 aromatic carbocycles. The van der Waals surface area contributed by atoms with E-state index in [1.165, 1.54) is 25.3 Å². The van der Waals surface area contributed by atoms with Gasteiger partial charge in [0, 0.05) is 32.3 Å². The maximum absolute atomic E-state index is 13.7. The van der Waals surface area contributed by atoms with E-state index in [-0.39, 0.29) is 13.0 Å². The minimum atomic E-state index is -2.62. The molecule has 1 rings (SSSR count). The highest BCUT2D eigenvalue weighted by atomic mass is 16.6. The molecule has 0 fully saturated rings. The number of aliphatic carboxylic acids is 1. The summed E-state index contributed by atoms with van der Waals surface area (Å²) in [6.07, 6.45) is 13.0. The number of esters is 1. The second-order valence-electron chi connectivity index (χ2n) is 13.4. The van der Waals surface area contributed by atoms with Crippen LogP contribution in [0.25, 0.3) is 0 Å². The number of ether oxygens (including phenoxy) is 2. The van der Waals surface area contributed by atoms with Crippen molar-refractivity contribution in [2.45, 2.75) is 142 Å². The average molecular weight is 686 g/mol. The maximum atomic E-state index is 13.7. The molecule has 4 N–H and O–H groups in total. The monoisotopic (exact) mass is 685 g/mol. The molecule has 0 saturated carbocycles. The van der Waals surface area contributed by atoms with Gasteiger partial charge < -0.3 is 30.1 Å². The van der Waals surface area contributed by atoms with Crippen molar-refractivity contribution in [1.29, 1.82) is 0 Å². The Morgan fingerprint density at radius 1 is 0.939 bits per heavy atom. The second-order valence-corrected chi connectivity index (χ2v) is 13.4. The number of aliphatic hydroxyl groups is 2. The van der Waals surface area contributed by atoms with Crippen LogP contribution in [0.1, 0.15) is 124 Å². The molecule has 0 aliphatic rings. The molecule has 274 valence electrons. The SMILES string of the molecule is CC#CCOc1ccc(C[C@H](NC(=O)[C@@H](C=CCCCCCCC(=O)CCCCCCC)[C@@](O)(CCO)C(=O)O)C(=O)OC(C)(C)C)cc1. The van der Waals surface area contributed by atoms with Gasteiger partial charge in [-0.05, 0) is 71.1 Å². The molecular weight excluding hydrogens is 626 g/mol. The third-order valence-corrected chi connectivity index (χ3v) is 7.98. The van der Waals surface area contributed by atoms with Crippen molar-refractivity contribution in [3.8, 4) is 17.6 Å². The van der Waals surface area contributed by atoms with Crippen molar-refractivity contribution in [3.05, 3.63) is 42.0 Å². The van der Waals surface area contributed by atoms with Crippen molar-refractivity contribution in [3.63, 3.8) is 0 Å². The maximum Gasteiger partial charge on any atom is 0.336 e. The normalized spacial score (nSPS) is 13.9. The van der Waals surface area contributed by atoms with Crippen molar-refractivity contribution in [2.24, 2.45) is 5.92 Å². The predicted molar refractivity (Wildman–Crippen MR) is 190 cm³/mol. The van der Waals surface area contributed by atoms with Gasteiger partial charge in [-0.2, -0.15) is 0 Å². The van der Waals surface area contributed by atoms with Gasteiger partial charge in [-0.15, -0.1) is 5.92 Å². The number of aliphatic hydroxyl groups excluding tert-OH is 1. The Morgan fingerprint density at radius 2 is 1.55 bits per heavy atom. The van der Waals surface area contributed by atoms with E-state index in [0.29, 0.717) is 36.4 Å². The number of unbranched alkanes of at least 4 members (excludes halogenated alkanes) is 8. The number of carbonyl (C=O) groups is 4. The predicted octanol–water partition coefficient (Wildman–Crippen LogP) is 6.10. The van der Waals surface area contributed by atoms with E-state index in [0.717, 1.165) is 38.5 Å². The highest BCUT2D eigenvalue weighted by Gasteiger charge is 2.47. The summed E-state index contributed by atoms with van der Waals surface area (Å²) in [5.41, 5.74) is -2.81. The third kappa shape index (κ3) is 18.0. The van der Waals surface area contributed by atoms with E-state index >= 15 is 0 Å². The summed E-state index contributed by atoms with van der Waals surface area (Å²) in [7, 11) is 0. The number of allylic oxidation sites excluding steroid dienone is 1. The number of hydrogen-bond acceptors (Lipinski definition) is 8. The lowest BCUT2D eigenvalue weighted by atomic mass is 9.83. The molecule has 3 atom stereocenters. The number of amides is 1. The molecule has 10 heteroatoms. The summed E-state index contributed by atoms with van der Waals surface area (Å²) in [6, 6.07) is 5.69. The zero-order valence-corrected chi connectivity index (χ0v) is 30.2. The number of carboxylic acids is 1. The summed E-state index contributed by atoms with van der Waals surface area (Å²) < 4.78 is 11.1. The van der Waals surface area contributed by atoms with Crippen LogP contribution in [0.3, 0.4) is 0 Å². The van der Waals surface area contributed by atoms with Crippen LogP contribution in [-0.2, 0) is 30.3 Å². The van der Waals surface area contributed by atoms with E-state index in [1.54, 1.807) is 58.0 Å². The van der Waals surface area contributed by atoms with Crippen LogP contribution in [0.5, 0.6) is 5.75 Å². The molecule has 0 bridgehead atoms. The molecule has 1 aromatic rings. The Bertz CT molecular complexity index is 1240. The van der Waals surface area contributed by atoms with Crippen molar-refractivity contribution in [2.75, 3.05) is 13.2 Å². The van der Waals surface area contributed by atoms with Gasteiger partial charge in [-0.1, -0.05) is 75.7 Å². The molecule has 0 heterocycles. The number of Topliss-reactive ketones (excluding diaryl/α,β-unsaturated/α-hetero) is 1. The second kappa shape index (κ2) is 23.6. The van der Waals surface area contributed by atoms with Crippen LogP contribution < -0.4 is 10.1 Å². The molecule has 1 amide bonds. The van der Waals surface area contributed by atoms with Gasteiger partial charge in [-0.3, -0.25) is 9.59 Å². The summed E-state index contributed by atoms with van der Waals surface area (Å²) in [4.78, 5) is 51.3. The van der Waals surface area contributed by atoms with Crippen LogP contribution >= 0.6 is 0 Å². The number of nitrogens with one attached hydrogen (secondary N) is 1. The van der Waals surface area contributed by atoms with E-state index in [2.05, 4.69) is 24.1 Å². The number of carboxylic acid groups (broad SMARTS) is 1. The lowest BCUT2D eigenvalue weighted by Gasteiger charge is -2.31. The summed E-state index contributed by atoms with van der Waals surface area (Å²) in [6.45, 7) is 8.51. The first-order chi connectivity index (χ1) is 23.3. The minimum Gasteiger partial charge on any atom is -0.481 e. The van der Waals surface area contributed by atoms with Crippen LogP contribution in [0.15, 0.2) is 36.4 Å². The largest absolute Gasteiger partial charge is 0.481 e. The summed E-state index contributed by atoms with van der Waals surface area (Å²) in [5, 5.41) is 33.3. The lowest BCUT2D eigenvalue weighted by molar-refractivity contribution is -0.169. The minimum absolute atomic E-state index is 0.0268. The van der Waals surface area contributed by atoms with Crippen molar-refractivity contribution in [1.82, 2.24) is 5.32 Å². The Balaban J connectivity index is 2.97. The smallest absolute Gasteiger partial charge is 0.336 e. The fourth-order valence-electron chi connectivity index (χ4n) is 5.23. The van der Waals surface area contributed by atoms with E-state index in [9.17, 15) is 34.5 Å². The highest BCUT2D eigenvalue weighted by Crippen LogP contribution is 2.26. The van der Waals surface area contributed by atoms with Gasteiger partial charge in [0.05, 0.1) is 5.92 Å². The zero-order chi connectivity index (χ0) is 36.7. The van der Waals surface area contributed by atoms with Crippen molar-refractivity contribution >= 4 is 23.6 Å². The van der Waals surface area contributed by atoms with Crippen LogP contribution in [0, 0.1) is 17.8 Å². The Kier molecular flexibility index (Phi) is 20.9. The molecule has 0 spiro atoms. The molecule has 0 unspecified atom stereocenters. The summed E-state index contributed by atoms with van der Waals surface area (Å²) in [5.74, 6) is 1.55. The molecule has 49 heavy (non-hydrogen) atoms. The van der Waals surface area contributed by atoms with Gasteiger partial charge in [0.15, 0.2) is 5.60 Å². The number of benzene rings is 1. The van der Waals surface area contributed by atoms with Gasteiger partial charge in [-0.25, -0.2) is 9.59 Å². The first-order valence-corrected chi connectivity index (χ1v) is 17.7.